The molecule has 84 valence electrons. The van der Waals surface area contributed by atoms with Crippen molar-refractivity contribution in [3.63, 3.8) is 0 Å². The van der Waals surface area contributed by atoms with Crippen LogP contribution in [0.25, 0.3) is 0 Å². The van der Waals surface area contributed by atoms with Crippen LogP contribution in [0, 0.1) is 0 Å². The molecule has 10 N–H and O–H groups in total. The van der Waals surface area contributed by atoms with E-state index in [2.05, 4.69) is 0 Å². The molecule has 0 saturated carbocycles. The largest absolute Gasteiger partial charge is 0.330 e. The topological polar surface area (TPSA) is 137 Å². The summed E-state index contributed by atoms with van der Waals surface area (Å²) in [6.45, 7) is 2.19. The SMILES string of the molecule is CN1N(N)C(C)(N)C(N)C1(N)CCN. The van der Waals surface area contributed by atoms with Crippen LogP contribution in [-0.4, -0.2) is 41.1 Å². The third-order valence-electron chi connectivity index (χ3n) is 3.13. The first kappa shape index (κ1) is 11.8. The van der Waals surface area contributed by atoms with Crippen LogP contribution in [0.2, 0.25) is 0 Å². The zero-order valence-electron chi connectivity index (χ0n) is 8.77. The zero-order chi connectivity index (χ0) is 11.1. The number of nitrogens with two attached hydrogens (primary N) is 5. The van der Waals surface area contributed by atoms with Crippen molar-refractivity contribution in [1.29, 1.82) is 0 Å². The van der Waals surface area contributed by atoms with Gasteiger partial charge < -0.3 is 22.9 Å². The van der Waals surface area contributed by atoms with Crippen molar-refractivity contribution in [3.05, 3.63) is 0 Å². The van der Waals surface area contributed by atoms with Crippen molar-refractivity contribution < 1.29 is 0 Å². The van der Waals surface area contributed by atoms with Crippen LogP contribution in [0.1, 0.15) is 13.3 Å². The molecule has 7 heteroatoms. The number of hydrogen-bond acceptors (Lipinski definition) is 7. The molecule has 1 aliphatic heterocycles. The quantitative estimate of drug-likeness (QED) is 0.302. The molecule has 0 bridgehead atoms. The Morgan fingerprint density at radius 1 is 1.36 bits per heavy atom. The minimum absolute atomic E-state index is 0.443. The van der Waals surface area contributed by atoms with Crippen molar-refractivity contribution in [2.24, 2.45) is 28.8 Å². The van der Waals surface area contributed by atoms with Gasteiger partial charge in [0.2, 0.25) is 0 Å². The van der Waals surface area contributed by atoms with Crippen molar-refractivity contribution in [1.82, 2.24) is 10.1 Å². The normalized spacial score (nSPS) is 46.1. The maximum absolute atomic E-state index is 6.14. The van der Waals surface area contributed by atoms with Gasteiger partial charge in [-0.25, -0.2) is 5.01 Å². The van der Waals surface area contributed by atoms with Crippen molar-refractivity contribution >= 4 is 0 Å². The highest BCUT2D eigenvalue weighted by Crippen LogP contribution is 2.32. The maximum Gasteiger partial charge on any atom is 0.113 e. The molecule has 0 radical (unpaired) electrons. The van der Waals surface area contributed by atoms with Gasteiger partial charge >= 0.3 is 0 Å². The van der Waals surface area contributed by atoms with E-state index in [0.717, 1.165) is 0 Å². The van der Waals surface area contributed by atoms with Gasteiger partial charge in [0, 0.05) is 7.05 Å². The van der Waals surface area contributed by atoms with Crippen LogP contribution in [0.3, 0.4) is 0 Å². The highest BCUT2D eigenvalue weighted by molar-refractivity contribution is 5.08. The third-order valence-corrected chi connectivity index (χ3v) is 3.13. The molecule has 0 spiro atoms. The van der Waals surface area contributed by atoms with Crippen molar-refractivity contribution in [3.8, 4) is 0 Å². The summed E-state index contributed by atoms with van der Waals surface area (Å²) < 4.78 is 0. The Morgan fingerprint density at radius 3 is 2.14 bits per heavy atom. The lowest BCUT2D eigenvalue weighted by atomic mass is 9.91. The fourth-order valence-corrected chi connectivity index (χ4v) is 1.92. The standard InChI is InChI=1S/C7H21N7/c1-6(10)5(9)7(11,3-4-8)13(2)14(6)12/h5H,3-4,8-12H2,1-2H3. The molecule has 1 saturated heterocycles. The fourth-order valence-electron chi connectivity index (χ4n) is 1.92. The predicted molar refractivity (Wildman–Crippen MR) is 54.9 cm³/mol. The van der Waals surface area contributed by atoms with Crippen LogP contribution >= 0.6 is 0 Å². The van der Waals surface area contributed by atoms with E-state index in [1.165, 1.54) is 5.12 Å². The molecule has 0 aromatic rings. The summed E-state index contributed by atoms with van der Waals surface area (Å²) in [6.07, 6.45) is 0.547. The van der Waals surface area contributed by atoms with Crippen molar-refractivity contribution in [2.75, 3.05) is 13.6 Å². The Bertz CT molecular complexity index is 218. The molecule has 1 aliphatic rings. The van der Waals surface area contributed by atoms with Gasteiger partial charge in [-0.15, -0.1) is 0 Å². The highest BCUT2D eigenvalue weighted by Gasteiger charge is 2.56. The first-order valence-corrected chi connectivity index (χ1v) is 4.60. The lowest BCUT2D eigenvalue weighted by Gasteiger charge is -2.35. The minimum Gasteiger partial charge on any atom is -0.330 e. The molecule has 3 atom stereocenters. The number of nitrogens with zero attached hydrogens (tertiary/aromatic N) is 2. The fraction of sp³-hybridized carbons (Fsp3) is 1.00. The van der Waals surface area contributed by atoms with Crippen LogP contribution in [0.4, 0.5) is 0 Å². The van der Waals surface area contributed by atoms with Gasteiger partial charge in [-0.3, -0.25) is 5.84 Å². The molecular weight excluding hydrogens is 182 g/mol. The number of hydrazine groups is 2. The van der Waals surface area contributed by atoms with E-state index in [1.54, 1.807) is 19.0 Å². The first-order valence-electron chi connectivity index (χ1n) is 4.60. The average molecular weight is 203 g/mol. The summed E-state index contributed by atoms with van der Waals surface area (Å²) >= 11 is 0. The summed E-state index contributed by atoms with van der Waals surface area (Å²) in [7, 11) is 1.76. The van der Waals surface area contributed by atoms with E-state index in [9.17, 15) is 0 Å². The Hall–Kier alpha value is -0.280. The van der Waals surface area contributed by atoms with Gasteiger partial charge in [0.1, 0.15) is 11.3 Å². The summed E-state index contributed by atoms with van der Waals surface area (Å²) in [5, 5.41) is 3.03. The Balaban J connectivity index is 3.00. The molecule has 7 nitrogen and oxygen atoms in total. The van der Waals surface area contributed by atoms with E-state index in [1.807, 2.05) is 0 Å². The van der Waals surface area contributed by atoms with Gasteiger partial charge in [0.05, 0.1) is 6.04 Å². The molecular formula is C7H21N7. The number of rotatable bonds is 2. The molecule has 3 unspecified atom stereocenters. The van der Waals surface area contributed by atoms with Gasteiger partial charge in [-0.2, -0.15) is 5.12 Å². The first-order chi connectivity index (χ1) is 6.28. The Morgan fingerprint density at radius 2 is 1.86 bits per heavy atom. The number of likely N-dealkylation sites (N-methyl/N-ethyl adjacent to an activating group) is 1. The van der Waals surface area contributed by atoms with Crippen molar-refractivity contribution in [2.45, 2.75) is 30.7 Å². The van der Waals surface area contributed by atoms with Gasteiger partial charge in [-0.1, -0.05) is 0 Å². The van der Waals surface area contributed by atoms with Crippen LogP contribution in [0.15, 0.2) is 0 Å². The smallest absolute Gasteiger partial charge is 0.113 e. The monoisotopic (exact) mass is 203 g/mol. The highest BCUT2D eigenvalue weighted by atomic mass is 15.8. The van der Waals surface area contributed by atoms with Gasteiger partial charge in [0.25, 0.3) is 0 Å². The summed E-state index contributed by atoms with van der Waals surface area (Å²) in [5.41, 5.74) is 22.0. The van der Waals surface area contributed by atoms with Crippen LogP contribution in [-0.2, 0) is 0 Å². The molecule has 0 aliphatic carbocycles. The van der Waals surface area contributed by atoms with E-state index in [4.69, 9.17) is 28.8 Å². The average Bonchev–Trinajstić information content (AvgIpc) is 2.22. The summed E-state index contributed by atoms with van der Waals surface area (Å²) in [5.74, 6) is 5.79. The molecule has 0 aromatic heterocycles. The van der Waals surface area contributed by atoms with Gasteiger partial charge in [0.15, 0.2) is 0 Å². The molecule has 1 heterocycles. The zero-order valence-corrected chi connectivity index (χ0v) is 8.77. The lowest BCUT2D eigenvalue weighted by Crippen LogP contribution is -2.66. The lowest BCUT2D eigenvalue weighted by molar-refractivity contribution is -0.0669. The molecule has 14 heavy (non-hydrogen) atoms. The van der Waals surface area contributed by atoms with Crippen LogP contribution < -0.4 is 28.8 Å². The summed E-state index contributed by atoms with van der Waals surface area (Å²) in [4.78, 5) is 0. The second kappa shape index (κ2) is 3.38. The van der Waals surface area contributed by atoms with E-state index in [0.29, 0.717) is 13.0 Å². The third kappa shape index (κ3) is 1.34. The molecule has 0 amide bonds. The maximum atomic E-state index is 6.14. The Kier molecular flexibility index (Phi) is 2.85. The van der Waals surface area contributed by atoms with Gasteiger partial charge in [-0.05, 0) is 19.9 Å². The number of hydrogen-bond donors (Lipinski definition) is 5. The minimum atomic E-state index is -0.849. The van der Waals surface area contributed by atoms with E-state index >= 15 is 0 Å². The second-order valence-corrected chi connectivity index (χ2v) is 4.10. The second-order valence-electron chi connectivity index (χ2n) is 4.10. The summed E-state index contributed by atoms with van der Waals surface area (Å²) in [6, 6.07) is -0.450. The van der Waals surface area contributed by atoms with Crippen LogP contribution in [0.5, 0.6) is 0 Å². The Labute approximate surface area is 84.1 Å². The van der Waals surface area contributed by atoms with E-state index in [-0.39, 0.29) is 0 Å². The molecule has 1 fully saturated rings. The molecule has 0 aromatic carbocycles. The van der Waals surface area contributed by atoms with E-state index < -0.39 is 17.4 Å². The molecule has 1 rings (SSSR count). The predicted octanol–water partition coefficient (Wildman–Crippen LogP) is -2.97.